The molecular formula is C28H39NO3S. The minimum Gasteiger partial charge on any atom is -0.300 e. The van der Waals surface area contributed by atoms with Crippen molar-refractivity contribution in [3.05, 3.63) is 42.0 Å². The number of rotatable bonds is 3. The zero-order chi connectivity index (χ0) is 23.0. The monoisotopic (exact) mass is 469 g/mol. The van der Waals surface area contributed by atoms with Crippen molar-refractivity contribution in [3.63, 3.8) is 0 Å². The van der Waals surface area contributed by atoms with Gasteiger partial charge in [0.2, 0.25) is 0 Å². The molecule has 1 spiro atoms. The fraction of sp³-hybridized carbons (Fsp3) is 0.714. The van der Waals surface area contributed by atoms with E-state index in [4.69, 9.17) is 4.18 Å². The Morgan fingerprint density at radius 2 is 1.73 bits per heavy atom. The Kier molecular flexibility index (Phi) is 5.36. The topological polar surface area (TPSA) is 46.6 Å². The van der Waals surface area contributed by atoms with E-state index in [1.165, 1.54) is 37.7 Å². The predicted octanol–water partition coefficient (Wildman–Crippen LogP) is 5.65. The standard InChI is InChI=1S/C28H39NO3S/c1-18-26-13-14-27-25-11-9-20-17-21(32-33(30,31)22-7-5-4-6-8-22)10-12-23(20)24(25)15-16-28(26,27)19(2)29(18)3/h4-9,18-19,21,23-27H,10-17H2,1-3H3/t18?,19-,21?,23?,24?,25?,26?,27?,28?/m0/s1. The Bertz CT molecular complexity index is 1040. The van der Waals surface area contributed by atoms with E-state index in [0.717, 1.165) is 49.0 Å². The van der Waals surface area contributed by atoms with E-state index in [1.807, 2.05) is 6.07 Å². The molecule has 0 radical (unpaired) electrons. The minimum atomic E-state index is -3.69. The summed E-state index contributed by atoms with van der Waals surface area (Å²) in [6.45, 7) is 4.98. The number of benzene rings is 1. The van der Waals surface area contributed by atoms with Gasteiger partial charge in [-0.3, -0.25) is 4.18 Å². The molecule has 1 aromatic carbocycles. The van der Waals surface area contributed by atoms with E-state index in [-0.39, 0.29) is 11.0 Å². The second-order valence-corrected chi connectivity index (χ2v) is 13.3. The molecule has 1 aromatic rings. The summed E-state index contributed by atoms with van der Waals surface area (Å²) >= 11 is 0. The van der Waals surface area contributed by atoms with Gasteiger partial charge in [0, 0.05) is 12.1 Å². The summed E-state index contributed by atoms with van der Waals surface area (Å²) in [6, 6.07) is 10.0. The molecule has 5 heteroatoms. The van der Waals surface area contributed by atoms with Gasteiger partial charge in [0.25, 0.3) is 10.1 Å². The molecule has 3 saturated carbocycles. The van der Waals surface area contributed by atoms with Crippen LogP contribution in [0.4, 0.5) is 0 Å². The van der Waals surface area contributed by atoms with Gasteiger partial charge in [0.1, 0.15) is 0 Å². The number of likely N-dealkylation sites (tertiary alicyclic amines) is 1. The molecule has 0 bridgehead atoms. The third-order valence-electron chi connectivity index (χ3n) is 11.0. The summed E-state index contributed by atoms with van der Waals surface area (Å²) in [5.41, 5.74) is 2.02. The van der Waals surface area contributed by atoms with Crippen molar-refractivity contribution in [1.29, 1.82) is 0 Å². The number of hydrogen-bond donors (Lipinski definition) is 0. The van der Waals surface area contributed by atoms with Crippen molar-refractivity contribution < 1.29 is 12.6 Å². The van der Waals surface area contributed by atoms with E-state index in [9.17, 15) is 8.42 Å². The zero-order valence-corrected chi connectivity index (χ0v) is 21.1. The fourth-order valence-electron chi connectivity index (χ4n) is 9.44. The van der Waals surface area contributed by atoms with Gasteiger partial charge in [-0.15, -0.1) is 0 Å². The highest BCUT2D eigenvalue weighted by molar-refractivity contribution is 7.86. The first-order valence-corrected chi connectivity index (χ1v) is 14.6. The lowest BCUT2D eigenvalue weighted by atomic mass is 9.50. The molecule has 0 amide bonds. The van der Waals surface area contributed by atoms with Crippen LogP contribution in [0.25, 0.3) is 0 Å². The van der Waals surface area contributed by atoms with Gasteiger partial charge in [-0.25, -0.2) is 0 Å². The van der Waals surface area contributed by atoms with Crippen LogP contribution in [0.3, 0.4) is 0 Å². The van der Waals surface area contributed by atoms with Crippen molar-refractivity contribution in [2.24, 2.45) is 35.0 Å². The van der Waals surface area contributed by atoms with Gasteiger partial charge >= 0.3 is 0 Å². The molecule has 1 heterocycles. The summed E-state index contributed by atoms with van der Waals surface area (Å²) < 4.78 is 31.3. The van der Waals surface area contributed by atoms with Crippen molar-refractivity contribution in [3.8, 4) is 0 Å². The first kappa shape index (κ1) is 22.3. The summed E-state index contributed by atoms with van der Waals surface area (Å²) in [5, 5.41) is 0. The first-order chi connectivity index (χ1) is 15.8. The van der Waals surface area contributed by atoms with Crippen molar-refractivity contribution in [2.75, 3.05) is 7.05 Å². The van der Waals surface area contributed by atoms with Crippen molar-refractivity contribution in [1.82, 2.24) is 4.90 Å². The Morgan fingerprint density at radius 3 is 2.52 bits per heavy atom. The third kappa shape index (κ3) is 3.25. The van der Waals surface area contributed by atoms with Gasteiger partial charge in [0.15, 0.2) is 0 Å². The van der Waals surface area contributed by atoms with E-state index >= 15 is 0 Å². The minimum absolute atomic E-state index is 0.218. The first-order valence-electron chi connectivity index (χ1n) is 13.2. The van der Waals surface area contributed by atoms with Crippen LogP contribution >= 0.6 is 0 Å². The molecule has 0 aromatic heterocycles. The number of hydrogen-bond acceptors (Lipinski definition) is 4. The van der Waals surface area contributed by atoms with E-state index < -0.39 is 10.1 Å². The largest absolute Gasteiger partial charge is 0.300 e. The molecule has 5 aliphatic rings. The maximum atomic E-state index is 12.8. The maximum Gasteiger partial charge on any atom is 0.297 e. The molecule has 4 fully saturated rings. The lowest BCUT2D eigenvalue weighted by Crippen LogP contribution is -2.51. The molecular weight excluding hydrogens is 430 g/mol. The molecule has 4 aliphatic carbocycles. The summed E-state index contributed by atoms with van der Waals surface area (Å²) in [5.74, 6) is 4.00. The summed E-state index contributed by atoms with van der Waals surface area (Å²) in [4.78, 5) is 2.94. The van der Waals surface area contributed by atoms with Gasteiger partial charge in [-0.05, 0) is 119 Å². The van der Waals surface area contributed by atoms with Crippen LogP contribution in [0.5, 0.6) is 0 Å². The lowest BCUT2D eigenvalue weighted by molar-refractivity contribution is -0.0337. The molecule has 4 nitrogen and oxygen atoms in total. The van der Waals surface area contributed by atoms with Crippen LogP contribution in [0.2, 0.25) is 0 Å². The average Bonchev–Trinajstić information content (AvgIpc) is 3.30. The highest BCUT2D eigenvalue weighted by Gasteiger charge is 2.65. The number of allylic oxidation sites excluding steroid dienone is 1. The summed E-state index contributed by atoms with van der Waals surface area (Å²) in [6.07, 6.45) is 11.8. The van der Waals surface area contributed by atoms with Crippen LogP contribution in [-0.2, 0) is 14.3 Å². The van der Waals surface area contributed by atoms with Crippen LogP contribution in [0.15, 0.2) is 46.9 Å². The molecule has 8 unspecified atom stereocenters. The summed E-state index contributed by atoms with van der Waals surface area (Å²) in [7, 11) is -1.34. The molecule has 180 valence electrons. The predicted molar refractivity (Wildman–Crippen MR) is 130 cm³/mol. The van der Waals surface area contributed by atoms with E-state index in [1.54, 1.807) is 24.3 Å². The van der Waals surface area contributed by atoms with Crippen LogP contribution in [0.1, 0.15) is 65.2 Å². The maximum absolute atomic E-state index is 12.8. The number of nitrogens with zero attached hydrogens (tertiary/aromatic N) is 1. The van der Waals surface area contributed by atoms with E-state index in [2.05, 4.69) is 31.9 Å². The van der Waals surface area contributed by atoms with Crippen LogP contribution in [-0.4, -0.2) is 38.6 Å². The molecule has 33 heavy (non-hydrogen) atoms. The van der Waals surface area contributed by atoms with Crippen LogP contribution in [0, 0.1) is 35.0 Å². The Morgan fingerprint density at radius 1 is 0.970 bits per heavy atom. The normalized spacial score (nSPS) is 45.0. The molecule has 9 atom stereocenters. The quantitative estimate of drug-likeness (QED) is 0.424. The second kappa shape index (κ2) is 7.93. The molecule has 1 saturated heterocycles. The Balaban J connectivity index is 1.20. The molecule has 0 N–H and O–H groups in total. The smallest absolute Gasteiger partial charge is 0.297 e. The van der Waals surface area contributed by atoms with Gasteiger partial charge in [-0.1, -0.05) is 29.8 Å². The second-order valence-electron chi connectivity index (χ2n) is 11.7. The van der Waals surface area contributed by atoms with Crippen LogP contribution < -0.4 is 0 Å². The van der Waals surface area contributed by atoms with Gasteiger partial charge in [0.05, 0.1) is 11.0 Å². The lowest BCUT2D eigenvalue weighted by Gasteiger charge is -2.55. The van der Waals surface area contributed by atoms with Crippen molar-refractivity contribution in [2.45, 2.75) is 88.3 Å². The Hall–Kier alpha value is -1.17. The fourth-order valence-corrected chi connectivity index (χ4v) is 10.6. The SMILES string of the molecule is CC1C2CCC3C4CC=C5CC(OS(=O)(=O)c6ccccc6)CCC5C4CCC32[C@H](C)N1C. The average molecular weight is 470 g/mol. The molecule has 6 rings (SSSR count). The third-order valence-corrected chi connectivity index (χ3v) is 12.3. The number of fused-ring (bicyclic) bond motifs is 4. The zero-order valence-electron chi connectivity index (χ0n) is 20.3. The highest BCUT2D eigenvalue weighted by atomic mass is 32.2. The van der Waals surface area contributed by atoms with Gasteiger partial charge < -0.3 is 4.90 Å². The highest BCUT2D eigenvalue weighted by Crippen LogP contribution is 2.68. The molecule has 1 aliphatic heterocycles. The Labute approximate surface area is 199 Å². The van der Waals surface area contributed by atoms with E-state index in [0.29, 0.717) is 17.4 Å². The van der Waals surface area contributed by atoms with Gasteiger partial charge in [-0.2, -0.15) is 8.42 Å². The van der Waals surface area contributed by atoms with Crippen molar-refractivity contribution >= 4 is 10.1 Å².